The molecule has 1 saturated heterocycles. The molecule has 1 aromatic carbocycles. The zero-order valence-electron chi connectivity index (χ0n) is 14.5. The second-order valence-corrected chi connectivity index (χ2v) is 6.95. The second-order valence-electron chi connectivity index (χ2n) is 6.57. The van der Waals surface area contributed by atoms with Crippen molar-refractivity contribution >= 4 is 23.2 Å². The van der Waals surface area contributed by atoms with E-state index in [2.05, 4.69) is 10.6 Å². The summed E-state index contributed by atoms with van der Waals surface area (Å²) in [5.74, 6) is -0.558. The Morgan fingerprint density at radius 2 is 2.17 bits per heavy atom. The van der Waals surface area contributed by atoms with E-state index < -0.39 is 0 Å². The fraction of sp³-hybridized carbons (Fsp3) is 0.556. The van der Waals surface area contributed by atoms with E-state index in [-0.39, 0.29) is 29.6 Å². The first kappa shape index (κ1) is 18.6. The minimum Gasteiger partial charge on any atom is -0.360 e. The van der Waals surface area contributed by atoms with E-state index in [4.69, 9.17) is 12.2 Å². The molecule has 0 aromatic heterocycles. The lowest BCUT2D eigenvalue weighted by molar-refractivity contribution is -0.124. The summed E-state index contributed by atoms with van der Waals surface area (Å²) in [4.78, 5) is 14.6. The molecule has 1 heterocycles. The van der Waals surface area contributed by atoms with Gasteiger partial charge < -0.3 is 15.5 Å². The van der Waals surface area contributed by atoms with Crippen LogP contribution in [-0.4, -0.2) is 41.6 Å². The Labute approximate surface area is 148 Å². The highest BCUT2D eigenvalue weighted by Crippen LogP contribution is 2.33. The highest BCUT2D eigenvalue weighted by molar-refractivity contribution is 7.80. The standard InChI is InChI=1S/C18H26FN3OS/c1-4-8-20-17(23)16-11-22(18(24)21-12(2)3)10-15(16)13-6-5-7-14(19)9-13/h5-7,9,12,15-16H,4,8,10-11H2,1-3H3,(H,20,23)(H,21,24)/t15-,16-/m1/s1. The SMILES string of the molecule is CCCNC(=O)[C@@H]1CN(C(=S)NC(C)C)C[C@@H]1c1cccc(F)c1. The van der Waals surface area contributed by atoms with Crippen molar-refractivity contribution in [2.75, 3.05) is 19.6 Å². The van der Waals surface area contributed by atoms with E-state index in [0.717, 1.165) is 12.0 Å². The number of carbonyl (C=O) groups excluding carboxylic acids is 1. The Morgan fingerprint density at radius 1 is 1.42 bits per heavy atom. The van der Waals surface area contributed by atoms with Crippen molar-refractivity contribution in [2.24, 2.45) is 5.92 Å². The molecule has 132 valence electrons. The molecular formula is C18H26FN3OS. The van der Waals surface area contributed by atoms with Crippen molar-refractivity contribution < 1.29 is 9.18 Å². The van der Waals surface area contributed by atoms with E-state index in [1.165, 1.54) is 12.1 Å². The minimum absolute atomic E-state index is 0.0148. The van der Waals surface area contributed by atoms with E-state index >= 15 is 0 Å². The van der Waals surface area contributed by atoms with Crippen LogP contribution in [0.1, 0.15) is 38.7 Å². The average Bonchev–Trinajstić information content (AvgIpc) is 2.97. The first-order chi connectivity index (χ1) is 11.4. The van der Waals surface area contributed by atoms with Gasteiger partial charge in [0.05, 0.1) is 5.92 Å². The molecule has 24 heavy (non-hydrogen) atoms. The summed E-state index contributed by atoms with van der Waals surface area (Å²) in [7, 11) is 0. The van der Waals surface area contributed by atoms with Gasteiger partial charge in [-0.15, -0.1) is 0 Å². The molecule has 1 fully saturated rings. The molecule has 1 aromatic rings. The number of thiocarbonyl (C=S) groups is 1. The monoisotopic (exact) mass is 351 g/mol. The zero-order valence-corrected chi connectivity index (χ0v) is 15.3. The molecule has 0 radical (unpaired) electrons. The van der Waals surface area contributed by atoms with Gasteiger partial charge in [0.1, 0.15) is 5.82 Å². The van der Waals surface area contributed by atoms with Gasteiger partial charge in [-0.25, -0.2) is 4.39 Å². The van der Waals surface area contributed by atoms with Gasteiger partial charge in [-0.3, -0.25) is 4.79 Å². The first-order valence-electron chi connectivity index (χ1n) is 8.51. The van der Waals surface area contributed by atoms with Crippen molar-refractivity contribution in [1.29, 1.82) is 0 Å². The fourth-order valence-corrected chi connectivity index (χ4v) is 3.41. The average molecular weight is 351 g/mol. The van der Waals surface area contributed by atoms with Gasteiger partial charge in [-0.1, -0.05) is 19.1 Å². The highest BCUT2D eigenvalue weighted by Gasteiger charge is 2.39. The summed E-state index contributed by atoms with van der Waals surface area (Å²) >= 11 is 5.45. The lowest BCUT2D eigenvalue weighted by Crippen LogP contribution is -2.42. The lowest BCUT2D eigenvalue weighted by atomic mass is 9.88. The van der Waals surface area contributed by atoms with Gasteiger partial charge in [0.2, 0.25) is 5.91 Å². The van der Waals surface area contributed by atoms with Gasteiger partial charge >= 0.3 is 0 Å². The van der Waals surface area contributed by atoms with Crippen LogP contribution in [0.25, 0.3) is 0 Å². The summed E-state index contributed by atoms with van der Waals surface area (Å²) in [6.07, 6.45) is 0.889. The molecule has 2 rings (SSSR count). The van der Waals surface area contributed by atoms with E-state index in [1.54, 1.807) is 6.07 Å². The predicted molar refractivity (Wildman–Crippen MR) is 98.4 cm³/mol. The van der Waals surface area contributed by atoms with Crippen molar-refractivity contribution in [2.45, 2.75) is 39.2 Å². The molecule has 4 nitrogen and oxygen atoms in total. The van der Waals surface area contributed by atoms with Gasteiger partial charge in [0, 0.05) is 31.6 Å². The van der Waals surface area contributed by atoms with Crippen LogP contribution in [0.4, 0.5) is 4.39 Å². The van der Waals surface area contributed by atoms with Crippen LogP contribution in [0, 0.1) is 11.7 Å². The number of benzene rings is 1. The van der Waals surface area contributed by atoms with Crippen molar-refractivity contribution in [3.8, 4) is 0 Å². The third-order valence-electron chi connectivity index (χ3n) is 4.18. The largest absolute Gasteiger partial charge is 0.360 e. The number of halogens is 1. The molecule has 0 bridgehead atoms. The molecule has 1 amide bonds. The fourth-order valence-electron chi connectivity index (χ4n) is 3.03. The van der Waals surface area contributed by atoms with Crippen molar-refractivity contribution in [3.05, 3.63) is 35.6 Å². The lowest BCUT2D eigenvalue weighted by Gasteiger charge is -2.22. The van der Waals surface area contributed by atoms with Crippen molar-refractivity contribution in [3.63, 3.8) is 0 Å². The maximum atomic E-state index is 13.6. The van der Waals surface area contributed by atoms with E-state index in [1.807, 2.05) is 31.7 Å². The number of hydrogen-bond donors (Lipinski definition) is 2. The van der Waals surface area contributed by atoms with Crippen LogP contribution in [0.2, 0.25) is 0 Å². The third kappa shape index (κ3) is 4.66. The molecule has 1 aliphatic rings. The maximum Gasteiger partial charge on any atom is 0.225 e. The number of amides is 1. The first-order valence-corrected chi connectivity index (χ1v) is 8.91. The molecule has 2 N–H and O–H groups in total. The molecule has 2 atom stereocenters. The number of nitrogens with one attached hydrogen (secondary N) is 2. The molecule has 0 saturated carbocycles. The smallest absolute Gasteiger partial charge is 0.225 e. The highest BCUT2D eigenvalue weighted by atomic mass is 32.1. The minimum atomic E-state index is -0.276. The molecular weight excluding hydrogens is 325 g/mol. The predicted octanol–water partition coefficient (Wildman–Crippen LogP) is 2.65. The van der Waals surface area contributed by atoms with Gasteiger partial charge in [0.25, 0.3) is 0 Å². The van der Waals surface area contributed by atoms with Gasteiger partial charge in [0.15, 0.2) is 5.11 Å². The summed E-state index contributed by atoms with van der Waals surface area (Å²) in [5, 5.41) is 6.84. The maximum absolute atomic E-state index is 13.6. The Bertz CT molecular complexity index is 593. The second kappa shape index (κ2) is 8.42. The molecule has 0 spiro atoms. The van der Waals surface area contributed by atoms with Crippen LogP contribution in [0.5, 0.6) is 0 Å². The molecule has 0 unspecified atom stereocenters. The summed E-state index contributed by atoms with van der Waals surface area (Å²) in [5.41, 5.74) is 0.849. The third-order valence-corrected chi connectivity index (χ3v) is 4.56. The van der Waals surface area contributed by atoms with Crippen LogP contribution in [0.3, 0.4) is 0 Å². The summed E-state index contributed by atoms with van der Waals surface area (Å²) in [6, 6.07) is 6.76. The summed E-state index contributed by atoms with van der Waals surface area (Å²) < 4.78 is 13.6. The van der Waals surface area contributed by atoms with E-state index in [0.29, 0.717) is 24.7 Å². The Kier molecular flexibility index (Phi) is 6.54. The zero-order chi connectivity index (χ0) is 17.7. The van der Waals surface area contributed by atoms with Crippen LogP contribution < -0.4 is 10.6 Å². The Balaban J connectivity index is 2.20. The normalized spacial score (nSPS) is 20.3. The number of rotatable bonds is 5. The number of carbonyl (C=O) groups is 1. The van der Waals surface area contributed by atoms with Crippen LogP contribution >= 0.6 is 12.2 Å². The van der Waals surface area contributed by atoms with Crippen molar-refractivity contribution in [1.82, 2.24) is 15.5 Å². The number of hydrogen-bond acceptors (Lipinski definition) is 2. The van der Waals surface area contributed by atoms with Gasteiger partial charge in [-0.05, 0) is 50.2 Å². The van der Waals surface area contributed by atoms with Crippen LogP contribution in [0.15, 0.2) is 24.3 Å². The molecule has 6 heteroatoms. The Hall–Kier alpha value is -1.69. The topological polar surface area (TPSA) is 44.4 Å². The Morgan fingerprint density at radius 3 is 2.79 bits per heavy atom. The quantitative estimate of drug-likeness (QED) is 0.801. The number of likely N-dealkylation sites (tertiary alicyclic amines) is 1. The van der Waals surface area contributed by atoms with E-state index in [9.17, 15) is 9.18 Å². The van der Waals surface area contributed by atoms with Crippen LogP contribution in [-0.2, 0) is 4.79 Å². The summed E-state index contributed by atoms with van der Waals surface area (Å²) in [6.45, 7) is 7.89. The molecule has 0 aliphatic carbocycles. The molecule has 1 aliphatic heterocycles. The number of nitrogens with zero attached hydrogens (tertiary/aromatic N) is 1. The van der Waals surface area contributed by atoms with Gasteiger partial charge in [-0.2, -0.15) is 0 Å².